The first kappa shape index (κ1) is 18.6. The van der Waals surface area contributed by atoms with Gasteiger partial charge < -0.3 is 4.90 Å². The molecule has 8 nitrogen and oxygen atoms in total. The largest absolute Gasteiger partial charge is 0.352 e. The highest BCUT2D eigenvalue weighted by molar-refractivity contribution is 7.98. The summed E-state index contributed by atoms with van der Waals surface area (Å²) in [5, 5.41) is 9.11. The fourth-order valence-corrected chi connectivity index (χ4v) is 5.18. The minimum atomic E-state index is 0.00148. The van der Waals surface area contributed by atoms with Crippen LogP contribution in [0.2, 0.25) is 0 Å². The molecule has 0 radical (unpaired) electrons. The minimum Gasteiger partial charge on any atom is -0.352 e. The van der Waals surface area contributed by atoms with E-state index in [1.165, 1.54) is 0 Å². The van der Waals surface area contributed by atoms with Gasteiger partial charge in [0.1, 0.15) is 12.1 Å². The van der Waals surface area contributed by atoms with E-state index in [4.69, 9.17) is 5.10 Å². The predicted octanol–water partition coefficient (Wildman–Crippen LogP) is 2.26. The Kier molecular flexibility index (Phi) is 4.77. The van der Waals surface area contributed by atoms with Crippen molar-refractivity contribution >= 4 is 23.4 Å². The minimum absolute atomic E-state index is 0.00148. The highest BCUT2D eigenvalue weighted by atomic mass is 32.2. The van der Waals surface area contributed by atoms with Gasteiger partial charge in [0.15, 0.2) is 0 Å². The molecular weight excluding hydrogens is 386 g/mol. The summed E-state index contributed by atoms with van der Waals surface area (Å²) in [5.74, 6) is 3.90. The highest BCUT2D eigenvalue weighted by Gasteiger charge is 2.29. The summed E-state index contributed by atoms with van der Waals surface area (Å²) in [6.45, 7) is 5.79. The van der Waals surface area contributed by atoms with Crippen LogP contribution >= 0.6 is 11.8 Å². The van der Waals surface area contributed by atoms with Crippen LogP contribution in [0.5, 0.6) is 0 Å². The molecule has 0 aromatic carbocycles. The average molecular weight is 412 g/mol. The van der Waals surface area contributed by atoms with Crippen molar-refractivity contribution in [1.82, 2.24) is 29.4 Å². The van der Waals surface area contributed by atoms with Gasteiger partial charge in [-0.1, -0.05) is 13.8 Å². The second-order valence-electron chi connectivity index (χ2n) is 8.09. The lowest BCUT2D eigenvalue weighted by Gasteiger charge is -2.28. The molecule has 3 aromatic heterocycles. The van der Waals surface area contributed by atoms with Gasteiger partial charge in [-0.3, -0.25) is 4.79 Å². The number of aromatic nitrogens is 6. The number of nitrogens with zero attached hydrogens (tertiary/aromatic N) is 7. The Labute approximate surface area is 173 Å². The first-order chi connectivity index (χ1) is 14.1. The second-order valence-corrected chi connectivity index (χ2v) is 9.20. The Bertz CT molecular complexity index is 1110. The van der Waals surface area contributed by atoms with Crippen molar-refractivity contribution in [2.75, 3.05) is 17.2 Å². The Balaban J connectivity index is 1.49. The average Bonchev–Trinajstić information content (AvgIpc) is 3.37. The molecule has 3 aromatic rings. The summed E-state index contributed by atoms with van der Waals surface area (Å²) in [4.78, 5) is 24.0. The van der Waals surface area contributed by atoms with Crippen LogP contribution < -0.4 is 10.5 Å². The molecule has 1 atom stereocenters. The van der Waals surface area contributed by atoms with Gasteiger partial charge in [-0.2, -0.15) is 31.5 Å². The lowest BCUT2D eigenvalue weighted by molar-refractivity contribution is 0.478. The van der Waals surface area contributed by atoms with Crippen LogP contribution in [-0.2, 0) is 18.7 Å². The van der Waals surface area contributed by atoms with E-state index in [1.54, 1.807) is 17.1 Å². The fraction of sp³-hybridized carbons (Fsp3) is 0.550. The third kappa shape index (κ3) is 3.41. The monoisotopic (exact) mass is 411 g/mol. The third-order valence-corrected chi connectivity index (χ3v) is 6.81. The molecule has 1 fully saturated rings. The number of anilines is 1. The van der Waals surface area contributed by atoms with E-state index in [0.29, 0.717) is 18.2 Å². The van der Waals surface area contributed by atoms with Crippen LogP contribution in [0, 0.1) is 0 Å². The molecule has 0 bridgehead atoms. The maximum atomic E-state index is 12.7. The summed E-state index contributed by atoms with van der Waals surface area (Å²) in [6, 6.07) is 4.10. The zero-order valence-corrected chi connectivity index (χ0v) is 17.6. The molecular formula is C20H25N7OS. The van der Waals surface area contributed by atoms with Crippen molar-refractivity contribution < 1.29 is 0 Å². The van der Waals surface area contributed by atoms with E-state index >= 15 is 0 Å². The molecule has 29 heavy (non-hydrogen) atoms. The molecule has 152 valence electrons. The number of thioether (sulfide) groups is 1. The van der Waals surface area contributed by atoms with Crippen molar-refractivity contribution in [1.29, 1.82) is 0 Å². The standard InChI is InChI=1S/C20H25N7OS/c1-13(2)17-9-18(27-20(23-17)21-12-22-27)25-6-3-4-15(25)10-26-19(28)8-14-11-29-7-5-16(14)24-26/h8-9,12-13,15H,3-7,10-11H2,1-2H3. The first-order valence-electron chi connectivity index (χ1n) is 10.2. The number of hydrogen-bond acceptors (Lipinski definition) is 7. The number of fused-ring (bicyclic) bond motifs is 2. The smallest absolute Gasteiger partial charge is 0.267 e. The SMILES string of the molecule is CC(C)c1cc(N2CCCC2Cn2nc3c(cc2=O)CSCC3)n2ncnc2n1. The van der Waals surface area contributed by atoms with Gasteiger partial charge >= 0.3 is 0 Å². The van der Waals surface area contributed by atoms with E-state index in [-0.39, 0.29) is 11.6 Å². The Morgan fingerprint density at radius 2 is 2.21 bits per heavy atom. The second kappa shape index (κ2) is 7.44. The lowest BCUT2D eigenvalue weighted by atomic mass is 10.1. The van der Waals surface area contributed by atoms with Crippen LogP contribution in [0.1, 0.15) is 49.6 Å². The Morgan fingerprint density at radius 3 is 3.07 bits per heavy atom. The molecule has 5 rings (SSSR count). The predicted molar refractivity (Wildman–Crippen MR) is 114 cm³/mol. The Morgan fingerprint density at radius 1 is 1.31 bits per heavy atom. The lowest BCUT2D eigenvalue weighted by Crippen LogP contribution is -2.38. The zero-order chi connectivity index (χ0) is 20.0. The van der Waals surface area contributed by atoms with Gasteiger partial charge in [-0.15, -0.1) is 0 Å². The van der Waals surface area contributed by atoms with Crippen molar-refractivity contribution in [2.24, 2.45) is 0 Å². The summed E-state index contributed by atoms with van der Waals surface area (Å²) in [7, 11) is 0. The quantitative estimate of drug-likeness (QED) is 0.651. The molecule has 0 aliphatic carbocycles. The van der Waals surface area contributed by atoms with Gasteiger partial charge in [-0.25, -0.2) is 9.67 Å². The molecule has 2 aliphatic rings. The molecule has 9 heteroatoms. The Hall–Kier alpha value is -2.42. The normalized spacial score (nSPS) is 19.3. The molecule has 1 saturated heterocycles. The van der Waals surface area contributed by atoms with Crippen LogP contribution in [-0.4, -0.2) is 47.7 Å². The van der Waals surface area contributed by atoms with Crippen molar-refractivity contribution in [3.05, 3.63) is 45.8 Å². The summed E-state index contributed by atoms with van der Waals surface area (Å²) < 4.78 is 3.48. The maximum Gasteiger partial charge on any atom is 0.267 e. The van der Waals surface area contributed by atoms with Crippen LogP contribution in [0.3, 0.4) is 0 Å². The molecule has 1 unspecified atom stereocenters. The van der Waals surface area contributed by atoms with E-state index in [0.717, 1.165) is 60.1 Å². The van der Waals surface area contributed by atoms with Gasteiger partial charge in [0.05, 0.1) is 24.0 Å². The molecule has 2 aliphatic heterocycles. The molecule has 0 amide bonds. The topological polar surface area (TPSA) is 81.2 Å². The summed E-state index contributed by atoms with van der Waals surface area (Å²) in [5.41, 5.74) is 3.19. The number of hydrogen-bond donors (Lipinski definition) is 0. The van der Waals surface area contributed by atoms with E-state index in [1.807, 2.05) is 16.3 Å². The van der Waals surface area contributed by atoms with E-state index in [2.05, 4.69) is 39.9 Å². The zero-order valence-electron chi connectivity index (χ0n) is 16.8. The summed E-state index contributed by atoms with van der Waals surface area (Å²) in [6.07, 6.45) is 4.60. The van der Waals surface area contributed by atoms with Gasteiger partial charge in [-0.05, 0) is 30.1 Å². The van der Waals surface area contributed by atoms with Crippen LogP contribution in [0.25, 0.3) is 5.78 Å². The number of rotatable bonds is 4. The fourth-order valence-electron chi connectivity index (χ4n) is 4.22. The van der Waals surface area contributed by atoms with Gasteiger partial charge in [0, 0.05) is 30.9 Å². The number of aryl methyl sites for hydroxylation is 1. The van der Waals surface area contributed by atoms with Gasteiger partial charge in [0.2, 0.25) is 0 Å². The van der Waals surface area contributed by atoms with Crippen molar-refractivity contribution in [2.45, 2.75) is 57.4 Å². The van der Waals surface area contributed by atoms with Crippen molar-refractivity contribution in [3.8, 4) is 0 Å². The highest BCUT2D eigenvalue weighted by Crippen LogP contribution is 2.29. The molecule has 0 saturated carbocycles. The van der Waals surface area contributed by atoms with E-state index < -0.39 is 0 Å². The van der Waals surface area contributed by atoms with Gasteiger partial charge in [0.25, 0.3) is 11.3 Å². The first-order valence-corrected chi connectivity index (χ1v) is 11.4. The molecule has 5 heterocycles. The van der Waals surface area contributed by atoms with Crippen molar-refractivity contribution in [3.63, 3.8) is 0 Å². The van der Waals surface area contributed by atoms with Crippen LogP contribution in [0.15, 0.2) is 23.3 Å². The summed E-state index contributed by atoms with van der Waals surface area (Å²) >= 11 is 1.87. The molecule has 0 spiro atoms. The van der Waals surface area contributed by atoms with E-state index in [9.17, 15) is 4.79 Å². The maximum absolute atomic E-state index is 12.7. The molecule has 0 N–H and O–H groups in total. The van der Waals surface area contributed by atoms with Crippen LogP contribution in [0.4, 0.5) is 5.82 Å². The third-order valence-electron chi connectivity index (χ3n) is 5.80.